The first kappa shape index (κ1) is 10.9. The van der Waals surface area contributed by atoms with Crippen molar-refractivity contribution in [3.8, 4) is 0 Å². The Morgan fingerprint density at radius 2 is 1.33 bits per heavy atom. The molecule has 76 valence electrons. The van der Waals surface area contributed by atoms with Gasteiger partial charge in [-0.05, 0) is 0 Å². The number of hydrogen-bond donors (Lipinski definition) is 1. The van der Waals surface area contributed by atoms with Gasteiger partial charge in [0.15, 0.2) is 0 Å². The number of rotatable bonds is 1. The first-order chi connectivity index (χ1) is 7.40. The van der Waals surface area contributed by atoms with Crippen LogP contribution in [0.3, 0.4) is 0 Å². The van der Waals surface area contributed by atoms with E-state index in [4.69, 9.17) is 4.19 Å². The molecule has 0 amide bonds. The SMILES string of the molecule is O[Se]c1ccccc1.c1ccc2c(c1)[Se]2. The van der Waals surface area contributed by atoms with E-state index < -0.39 is 0 Å². The molecule has 1 N–H and O–H groups in total. The second kappa shape index (κ2) is 5.50. The Bertz CT molecular complexity index is 408. The van der Waals surface area contributed by atoms with Crippen molar-refractivity contribution in [1.29, 1.82) is 0 Å². The van der Waals surface area contributed by atoms with Gasteiger partial charge in [-0.3, -0.25) is 0 Å². The van der Waals surface area contributed by atoms with Crippen LogP contribution in [-0.4, -0.2) is 34.4 Å². The molecule has 0 spiro atoms. The second-order valence-corrected chi connectivity index (χ2v) is 6.60. The van der Waals surface area contributed by atoms with Gasteiger partial charge in [0.2, 0.25) is 0 Å². The van der Waals surface area contributed by atoms with E-state index in [2.05, 4.69) is 24.3 Å². The summed E-state index contributed by atoms with van der Waals surface area (Å²) in [5.41, 5.74) is 0. The molecular weight excluding hydrogens is 318 g/mol. The standard InChI is InChI=1S/C6H6OSe.C6H4Se/c7-8-6-4-2-1-3-5-6;1-2-4-6-5(3-1)7-6/h1-5,7H;1-4H. The number of hydrogen-bond acceptors (Lipinski definition) is 1. The summed E-state index contributed by atoms with van der Waals surface area (Å²) in [5.74, 6) is 0. The van der Waals surface area contributed by atoms with Crippen LogP contribution in [0.5, 0.6) is 0 Å². The third-order valence-corrected chi connectivity index (χ3v) is 4.88. The second-order valence-electron chi connectivity index (χ2n) is 2.95. The molecule has 0 aliphatic carbocycles. The van der Waals surface area contributed by atoms with E-state index in [0.717, 1.165) is 19.4 Å². The fourth-order valence-electron chi connectivity index (χ4n) is 1.09. The Morgan fingerprint density at radius 1 is 0.800 bits per heavy atom. The van der Waals surface area contributed by atoms with Gasteiger partial charge in [-0.25, -0.2) is 0 Å². The van der Waals surface area contributed by atoms with Crippen molar-refractivity contribution in [1.82, 2.24) is 0 Å². The molecule has 1 heterocycles. The Morgan fingerprint density at radius 3 is 1.73 bits per heavy atom. The summed E-state index contributed by atoms with van der Waals surface area (Å²) >= 11 is 0.449. The molecule has 2 aromatic rings. The van der Waals surface area contributed by atoms with Crippen LogP contribution in [-0.2, 0) is 0 Å². The van der Waals surface area contributed by atoms with E-state index >= 15 is 0 Å². The monoisotopic (exact) mass is 330 g/mol. The fourth-order valence-corrected chi connectivity index (χ4v) is 2.97. The summed E-state index contributed by atoms with van der Waals surface area (Å²) in [4.78, 5) is 0. The molecule has 0 unspecified atom stereocenters. The summed E-state index contributed by atoms with van der Waals surface area (Å²) in [6.07, 6.45) is 0. The summed E-state index contributed by atoms with van der Waals surface area (Å²) in [6.45, 7) is 0. The van der Waals surface area contributed by atoms with Crippen molar-refractivity contribution in [2.75, 3.05) is 0 Å². The molecule has 0 fully saturated rings. The molecule has 3 heteroatoms. The zero-order chi connectivity index (χ0) is 10.5. The maximum absolute atomic E-state index is 8.60. The molecule has 1 nitrogen and oxygen atoms in total. The van der Waals surface area contributed by atoms with Gasteiger partial charge in [-0.15, -0.1) is 0 Å². The summed E-state index contributed by atoms with van der Waals surface area (Å²) in [6, 6.07) is 18.2. The third kappa shape index (κ3) is 3.49. The molecule has 0 atom stereocenters. The van der Waals surface area contributed by atoms with Gasteiger partial charge in [-0.2, -0.15) is 0 Å². The number of benzene rings is 2. The Labute approximate surface area is 102 Å². The van der Waals surface area contributed by atoms with Crippen LogP contribution in [0.2, 0.25) is 0 Å². The minimum absolute atomic E-state index is 0.332. The Hall–Kier alpha value is -0.561. The molecule has 15 heavy (non-hydrogen) atoms. The van der Waals surface area contributed by atoms with Crippen molar-refractivity contribution in [2.24, 2.45) is 0 Å². The van der Waals surface area contributed by atoms with Crippen LogP contribution in [0, 0.1) is 0 Å². The van der Waals surface area contributed by atoms with Crippen molar-refractivity contribution in [2.45, 2.75) is 0 Å². The van der Waals surface area contributed by atoms with Crippen LogP contribution >= 0.6 is 0 Å². The molecule has 2 aromatic carbocycles. The summed E-state index contributed by atoms with van der Waals surface area (Å²) in [7, 11) is 0. The van der Waals surface area contributed by atoms with Crippen molar-refractivity contribution >= 4 is 43.6 Å². The van der Waals surface area contributed by atoms with Gasteiger partial charge in [-0.1, -0.05) is 0 Å². The van der Waals surface area contributed by atoms with E-state index in [9.17, 15) is 0 Å². The van der Waals surface area contributed by atoms with E-state index in [0.29, 0.717) is 0 Å². The Kier molecular flexibility index (Phi) is 4.01. The van der Waals surface area contributed by atoms with Gasteiger partial charge in [0.1, 0.15) is 0 Å². The van der Waals surface area contributed by atoms with Crippen molar-refractivity contribution in [3.63, 3.8) is 0 Å². The van der Waals surface area contributed by atoms with Crippen molar-refractivity contribution < 1.29 is 4.19 Å². The molecule has 0 bridgehead atoms. The quantitative estimate of drug-likeness (QED) is 0.602. The first-order valence-electron chi connectivity index (χ1n) is 4.53. The summed E-state index contributed by atoms with van der Waals surface area (Å²) < 4.78 is 12.8. The van der Waals surface area contributed by atoms with Crippen LogP contribution in [0.4, 0.5) is 0 Å². The minimum atomic E-state index is -0.332. The van der Waals surface area contributed by atoms with Crippen LogP contribution in [0.1, 0.15) is 0 Å². The molecule has 0 aromatic heterocycles. The molecule has 3 rings (SSSR count). The van der Waals surface area contributed by atoms with Gasteiger partial charge in [0, 0.05) is 0 Å². The van der Waals surface area contributed by atoms with E-state index in [-0.39, 0.29) is 15.3 Å². The topological polar surface area (TPSA) is 20.2 Å². The zero-order valence-electron chi connectivity index (χ0n) is 7.96. The fraction of sp³-hybridized carbons (Fsp3) is 0. The van der Waals surface area contributed by atoms with Crippen molar-refractivity contribution in [3.05, 3.63) is 54.6 Å². The maximum atomic E-state index is 8.60. The normalized spacial score (nSPS) is 11.0. The van der Waals surface area contributed by atoms with E-state index in [1.807, 2.05) is 30.3 Å². The van der Waals surface area contributed by atoms with Gasteiger partial charge in [0.05, 0.1) is 0 Å². The molecule has 1 aliphatic heterocycles. The van der Waals surface area contributed by atoms with Gasteiger partial charge in [0.25, 0.3) is 0 Å². The average molecular weight is 328 g/mol. The molecule has 0 radical (unpaired) electrons. The molecule has 0 saturated carbocycles. The van der Waals surface area contributed by atoms with E-state index in [1.165, 1.54) is 0 Å². The van der Waals surface area contributed by atoms with Crippen LogP contribution in [0.25, 0.3) is 0 Å². The number of fused-ring (bicyclic) bond motifs is 1. The molecule has 1 aliphatic rings. The van der Waals surface area contributed by atoms with Crippen LogP contribution < -0.4 is 13.4 Å². The van der Waals surface area contributed by atoms with Gasteiger partial charge >= 0.3 is 102 Å². The predicted molar refractivity (Wildman–Crippen MR) is 65.5 cm³/mol. The zero-order valence-corrected chi connectivity index (χ0v) is 11.4. The average Bonchev–Trinajstić information content (AvgIpc) is 3.10. The summed E-state index contributed by atoms with van der Waals surface area (Å²) in [5, 5.41) is 0. The Balaban J connectivity index is 0.000000114. The third-order valence-electron chi connectivity index (χ3n) is 1.88. The van der Waals surface area contributed by atoms with E-state index in [1.54, 1.807) is 8.92 Å². The van der Waals surface area contributed by atoms with Crippen LogP contribution in [0.15, 0.2) is 54.6 Å². The van der Waals surface area contributed by atoms with Gasteiger partial charge < -0.3 is 0 Å². The molecular formula is C12H10OSe2. The molecule has 0 saturated heterocycles. The predicted octanol–water partition coefficient (Wildman–Crippen LogP) is -0.422. The first-order valence-corrected chi connectivity index (χ1v) is 7.87.